The third-order valence-corrected chi connectivity index (χ3v) is 6.92. The van der Waals surface area contributed by atoms with E-state index in [2.05, 4.69) is 57.3 Å². The highest BCUT2D eigenvalue weighted by atomic mass is 16.6. The molecule has 0 aromatic heterocycles. The number of likely N-dealkylation sites (N-methyl/N-ethyl adjacent to an activating group) is 1. The zero-order chi connectivity index (χ0) is 25.2. The van der Waals surface area contributed by atoms with Crippen molar-refractivity contribution in [1.82, 2.24) is 5.32 Å². The van der Waals surface area contributed by atoms with Gasteiger partial charge < -0.3 is 14.8 Å². The lowest BCUT2D eigenvalue weighted by Crippen LogP contribution is -2.48. The van der Waals surface area contributed by atoms with Crippen molar-refractivity contribution in [2.24, 2.45) is 11.8 Å². The van der Waals surface area contributed by atoms with Crippen LogP contribution in [0.3, 0.4) is 0 Å². The summed E-state index contributed by atoms with van der Waals surface area (Å²) in [6.07, 6.45) is 21.6. The maximum absolute atomic E-state index is 12.9. The van der Waals surface area contributed by atoms with Crippen molar-refractivity contribution in [2.45, 2.75) is 129 Å². The number of rotatable bonds is 20. The summed E-state index contributed by atoms with van der Waals surface area (Å²) in [5.74, 6) is -0.165. The van der Waals surface area contributed by atoms with E-state index in [0.29, 0.717) is 12.8 Å². The van der Waals surface area contributed by atoms with Gasteiger partial charge in [0, 0.05) is 12.8 Å². The van der Waals surface area contributed by atoms with Gasteiger partial charge in [0.2, 0.25) is 0 Å². The van der Waals surface area contributed by atoms with E-state index in [9.17, 15) is 9.59 Å². The summed E-state index contributed by atoms with van der Waals surface area (Å²) in [7, 11) is 1.81. The molecule has 34 heavy (non-hydrogen) atoms. The molecule has 0 bridgehead atoms. The van der Waals surface area contributed by atoms with E-state index in [1.807, 2.05) is 0 Å². The molecule has 1 saturated heterocycles. The smallest absolute Gasteiger partial charge is 0.323 e. The molecule has 0 aromatic rings. The number of hydrogen-bond donors (Lipinski definition) is 1. The molecular formula is C29H51NO4. The van der Waals surface area contributed by atoms with E-state index in [-0.39, 0.29) is 42.0 Å². The van der Waals surface area contributed by atoms with Crippen LogP contribution in [0.5, 0.6) is 0 Å². The SMILES string of the molecule is CCCCC/C=C/C/C=C/C[C@H](C[C@@H]1OC(=O)[C@@H]1CCCCCC)OC(=O)[C@H](NC)[C@H](C)CC. The van der Waals surface area contributed by atoms with Crippen LogP contribution in [0.2, 0.25) is 0 Å². The lowest BCUT2D eigenvalue weighted by molar-refractivity contribution is -0.190. The molecule has 1 heterocycles. The third kappa shape index (κ3) is 11.7. The lowest BCUT2D eigenvalue weighted by Gasteiger charge is -2.37. The first-order valence-electron chi connectivity index (χ1n) is 13.9. The fourth-order valence-corrected chi connectivity index (χ4v) is 4.41. The van der Waals surface area contributed by atoms with Crippen molar-refractivity contribution >= 4 is 11.9 Å². The molecule has 5 atom stereocenters. The summed E-state index contributed by atoms with van der Waals surface area (Å²) in [6, 6.07) is -0.323. The zero-order valence-corrected chi connectivity index (χ0v) is 22.5. The molecule has 1 aliphatic heterocycles. The van der Waals surface area contributed by atoms with Crippen LogP contribution in [0, 0.1) is 11.8 Å². The molecule has 0 amide bonds. The van der Waals surface area contributed by atoms with Crippen LogP contribution in [0.1, 0.15) is 111 Å². The van der Waals surface area contributed by atoms with Gasteiger partial charge in [-0.25, -0.2) is 0 Å². The first-order valence-corrected chi connectivity index (χ1v) is 13.9. The molecule has 196 valence electrons. The van der Waals surface area contributed by atoms with Crippen molar-refractivity contribution < 1.29 is 19.1 Å². The molecule has 1 fully saturated rings. The number of cyclic esters (lactones) is 1. The van der Waals surface area contributed by atoms with Gasteiger partial charge in [-0.3, -0.25) is 9.59 Å². The van der Waals surface area contributed by atoms with Crippen molar-refractivity contribution in [3.8, 4) is 0 Å². The fourth-order valence-electron chi connectivity index (χ4n) is 4.41. The topological polar surface area (TPSA) is 64.6 Å². The number of unbranched alkanes of at least 4 members (excludes halogenated alkanes) is 6. The number of allylic oxidation sites excluding steroid dienone is 3. The fraction of sp³-hybridized carbons (Fsp3) is 0.793. The molecule has 0 unspecified atom stereocenters. The Morgan fingerprint density at radius 3 is 2.38 bits per heavy atom. The molecule has 1 aliphatic rings. The van der Waals surface area contributed by atoms with Crippen molar-refractivity contribution in [3.05, 3.63) is 24.3 Å². The average molecular weight is 478 g/mol. The number of carbonyl (C=O) groups excluding carboxylic acids is 2. The Morgan fingerprint density at radius 2 is 1.74 bits per heavy atom. The molecule has 1 N–H and O–H groups in total. The number of esters is 2. The Morgan fingerprint density at radius 1 is 1.03 bits per heavy atom. The minimum absolute atomic E-state index is 0.0530. The molecule has 0 spiro atoms. The van der Waals surface area contributed by atoms with E-state index >= 15 is 0 Å². The summed E-state index contributed by atoms with van der Waals surface area (Å²) in [6.45, 7) is 8.54. The van der Waals surface area contributed by atoms with Crippen LogP contribution in [-0.4, -0.2) is 37.2 Å². The molecule has 5 nitrogen and oxygen atoms in total. The van der Waals surface area contributed by atoms with Gasteiger partial charge in [-0.2, -0.15) is 0 Å². The van der Waals surface area contributed by atoms with Crippen LogP contribution in [0.25, 0.3) is 0 Å². The van der Waals surface area contributed by atoms with E-state index in [0.717, 1.165) is 38.5 Å². The first-order chi connectivity index (χ1) is 16.5. The van der Waals surface area contributed by atoms with Gasteiger partial charge in [0.1, 0.15) is 18.2 Å². The number of hydrogen-bond acceptors (Lipinski definition) is 5. The Hall–Kier alpha value is -1.62. The van der Waals surface area contributed by atoms with Crippen LogP contribution in [-0.2, 0) is 19.1 Å². The van der Waals surface area contributed by atoms with E-state index in [4.69, 9.17) is 9.47 Å². The van der Waals surface area contributed by atoms with Crippen molar-refractivity contribution in [3.63, 3.8) is 0 Å². The summed E-state index contributed by atoms with van der Waals surface area (Å²) < 4.78 is 11.5. The highest BCUT2D eigenvalue weighted by Crippen LogP contribution is 2.32. The molecule has 0 aromatic carbocycles. The molecule has 0 aliphatic carbocycles. The maximum atomic E-state index is 12.9. The van der Waals surface area contributed by atoms with Crippen LogP contribution in [0.15, 0.2) is 24.3 Å². The largest absolute Gasteiger partial charge is 0.461 e. The highest BCUT2D eigenvalue weighted by Gasteiger charge is 2.43. The molecule has 0 radical (unpaired) electrons. The Balaban J connectivity index is 2.67. The monoisotopic (exact) mass is 477 g/mol. The molecule has 1 rings (SSSR count). The summed E-state index contributed by atoms with van der Waals surface area (Å²) >= 11 is 0. The van der Waals surface area contributed by atoms with Gasteiger partial charge in [-0.05, 0) is 38.6 Å². The van der Waals surface area contributed by atoms with Crippen molar-refractivity contribution in [1.29, 1.82) is 0 Å². The van der Waals surface area contributed by atoms with Gasteiger partial charge in [0.15, 0.2) is 0 Å². The predicted octanol–water partition coefficient (Wildman–Crippen LogP) is 6.91. The van der Waals surface area contributed by atoms with Crippen LogP contribution in [0.4, 0.5) is 0 Å². The minimum Gasteiger partial charge on any atom is -0.461 e. The van der Waals surface area contributed by atoms with Crippen molar-refractivity contribution in [2.75, 3.05) is 7.05 Å². The number of carbonyl (C=O) groups is 2. The Labute approximate surface area is 209 Å². The van der Waals surface area contributed by atoms with Crippen LogP contribution >= 0.6 is 0 Å². The number of ether oxygens (including phenoxy) is 2. The summed E-state index contributed by atoms with van der Waals surface area (Å²) in [4.78, 5) is 25.0. The molecular weight excluding hydrogens is 426 g/mol. The van der Waals surface area contributed by atoms with E-state index < -0.39 is 0 Å². The highest BCUT2D eigenvalue weighted by molar-refractivity contribution is 5.78. The quantitative estimate of drug-likeness (QED) is 0.117. The number of nitrogens with one attached hydrogen (secondary N) is 1. The van der Waals surface area contributed by atoms with Gasteiger partial charge in [0.05, 0.1) is 5.92 Å². The lowest BCUT2D eigenvalue weighted by atomic mass is 9.87. The average Bonchev–Trinajstić information content (AvgIpc) is 2.82. The standard InChI is InChI=1S/C29H51NO4/c1-6-9-11-13-14-15-16-17-18-20-24(33-29(32)27(30-5)23(4)8-3)22-26-25(28(31)34-26)21-19-12-10-7-2/h14-15,17-18,23-27,30H,6-13,16,19-22H2,1-5H3/b15-14+,18-17+/t23-,24-,25-,26+,27-/m1/s1. The minimum atomic E-state index is -0.323. The normalized spacial score (nSPS) is 20.8. The Bertz CT molecular complexity index is 615. The van der Waals surface area contributed by atoms with Crippen LogP contribution < -0.4 is 5.32 Å². The predicted molar refractivity (Wildman–Crippen MR) is 141 cm³/mol. The van der Waals surface area contributed by atoms with E-state index in [1.54, 1.807) is 7.05 Å². The van der Waals surface area contributed by atoms with Gasteiger partial charge in [-0.15, -0.1) is 0 Å². The third-order valence-electron chi connectivity index (χ3n) is 6.92. The molecule has 5 heteroatoms. The molecule has 0 saturated carbocycles. The zero-order valence-electron chi connectivity index (χ0n) is 22.5. The first kappa shape index (κ1) is 30.4. The van der Waals surface area contributed by atoms with Gasteiger partial charge in [0.25, 0.3) is 0 Å². The maximum Gasteiger partial charge on any atom is 0.323 e. The van der Waals surface area contributed by atoms with Gasteiger partial charge >= 0.3 is 11.9 Å². The Kier molecular flexibility index (Phi) is 16.7. The second-order valence-electron chi connectivity index (χ2n) is 9.79. The van der Waals surface area contributed by atoms with E-state index in [1.165, 1.54) is 32.1 Å². The second kappa shape index (κ2) is 18.7. The second-order valence-corrected chi connectivity index (χ2v) is 9.79. The van der Waals surface area contributed by atoms with Gasteiger partial charge in [-0.1, -0.05) is 96.9 Å². The summed E-state index contributed by atoms with van der Waals surface area (Å²) in [5, 5.41) is 3.11. The summed E-state index contributed by atoms with van der Waals surface area (Å²) in [5.41, 5.74) is 0.